The largest absolute Gasteiger partial charge is 0.351 e. The molecular weight excluding hydrogens is 192 g/mol. The number of hydrogen-bond acceptors (Lipinski definition) is 2. The smallest absolute Gasteiger partial charge is 0.282 e. The van der Waals surface area contributed by atoms with Crippen LogP contribution in [-0.4, -0.2) is 22.2 Å². The average Bonchev–Trinajstić information content (AvgIpc) is 2.49. The van der Waals surface area contributed by atoms with E-state index in [9.17, 15) is 13.6 Å². The van der Waals surface area contributed by atoms with E-state index in [1.165, 1.54) is 4.68 Å². The summed E-state index contributed by atoms with van der Waals surface area (Å²) in [5.41, 5.74) is -0.116. The number of aromatic nitrogens is 2. The van der Waals surface area contributed by atoms with Crippen LogP contribution in [0.15, 0.2) is 6.07 Å². The Balaban J connectivity index is 2.39. The van der Waals surface area contributed by atoms with Crippen molar-refractivity contribution in [2.24, 2.45) is 0 Å². The van der Waals surface area contributed by atoms with Gasteiger partial charge in [0.05, 0.1) is 0 Å². The molecule has 1 N–H and O–H groups in total. The van der Waals surface area contributed by atoms with Crippen LogP contribution in [0.3, 0.4) is 0 Å². The number of nitrogens with one attached hydrogen (secondary N) is 1. The molecule has 1 aliphatic heterocycles. The van der Waals surface area contributed by atoms with Gasteiger partial charge in [0.2, 0.25) is 0 Å². The van der Waals surface area contributed by atoms with Crippen LogP contribution >= 0.6 is 0 Å². The van der Waals surface area contributed by atoms with Crippen molar-refractivity contribution in [2.75, 3.05) is 6.54 Å². The summed E-state index contributed by atoms with van der Waals surface area (Å²) >= 11 is 0. The summed E-state index contributed by atoms with van der Waals surface area (Å²) in [6, 6.07) is 1.14. The molecule has 0 saturated carbocycles. The molecule has 6 heteroatoms. The molecule has 76 valence electrons. The first-order chi connectivity index (χ1) is 6.68. The van der Waals surface area contributed by atoms with Crippen LogP contribution in [0.4, 0.5) is 8.78 Å². The molecule has 1 amide bonds. The normalized spacial score (nSPS) is 16.4. The van der Waals surface area contributed by atoms with Gasteiger partial charge in [0.1, 0.15) is 11.4 Å². The van der Waals surface area contributed by atoms with Crippen molar-refractivity contribution in [1.82, 2.24) is 15.1 Å². The van der Waals surface area contributed by atoms with Crippen LogP contribution in [0.25, 0.3) is 0 Å². The molecule has 0 fully saturated rings. The summed E-state index contributed by atoms with van der Waals surface area (Å²) < 4.78 is 25.9. The van der Waals surface area contributed by atoms with Gasteiger partial charge in [-0.15, -0.1) is 0 Å². The van der Waals surface area contributed by atoms with Crippen molar-refractivity contribution in [3.63, 3.8) is 0 Å². The maximum absolute atomic E-state index is 12.3. The molecule has 1 aromatic heterocycles. The summed E-state index contributed by atoms with van der Waals surface area (Å²) in [6.45, 7) is 1.06. The van der Waals surface area contributed by atoms with Crippen LogP contribution in [0.5, 0.6) is 0 Å². The van der Waals surface area contributed by atoms with Crippen molar-refractivity contribution in [1.29, 1.82) is 0 Å². The molecular formula is C8H9F2N3O. The molecule has 0 aromatic carbocycles. The average molecular weight is 201 g/mol. The molecule has 1 aromatic rings. The number of carbonyl (C=O) groups excluding carboxylic acids is 1. The van der Waals surface area contributed by atoms with Crippen molar-refractivity contribution in [3.8, 4) is 0 Å². The second-order valence-corrected chi connectivity index (χ2v) is 3.09. The minimum Gasteiger partial charge on any atom is -0.351 e. The second-order valence-electron chi connectivity index (χ2n) is 3.09. The summed E-state index contributed by atoms with van der Waals surface area (Å²) in [6.07, 6.45) is -1.91. The molecule has 1 aliphatic rings. The molecule has 0 spiro atoms. The fourth-order valence-electron chi connectivity index (χ4n) is 1.42. The van der Waals surface area contributed by atoms with E-state index in [1.807, 2.05) is 0 Å². The number of fused-ring (bicyclic) bond motifs is 1. The van der Waals surface area contributed by atoms with Gasteiger partial charge in [-0.3, -0.25) is 9.48 Å². The van der Waals surface area contributed by atoms with Crippen molar-refractivity contribution < 1.29 is 13.6 Å². The first-order valence-corrected chi connectivity index (χ1v) is 4.32. The van der Waals surface area contributed by atoms with Gasteiger partial charge in [-0.1, -0.05) is 0 Å². The van der Waals surface area contributed by atoms with E-state index < -0.39 is 6.43 Å². The number of alkyl halides is 2. The summed E-state index contributed by atoms with van der Waals surface area (Å²) in [5, 5.41) is 6.27. The van der Waals surface area contributed by atoms with Crippen molar-refractivity contribution in [3.05, 3.63) is 17.5 Å². The molecule has 14 heavy (non-hydrogen) atoms. The second kappa shape index (κ2) is 3.36. The quantitative estimate of drug-likeness (QED) is 0.735. The van der Waals surface area contributed by atoms with Crippen LogP contribution in [0, 0.1) is 0 Å². The maximum Gasteiger partial charge on any atom is 0.282 e. The molecule has 4 nitrogen and oxygen atoms in total. The Morgan fingerprint density at radius 2 is 2.36 bits per heavy atom. The standard InChI is InChI=1S/C8H9F2N3O/c9-7(10)5-4-6-8(14)11-2-1-3-13(6)12-5/h4,7H,1-3H2,(H,11,14). The Morgan fingerprint density at radius 1 is 1.57 bits per heavy atom. The number of nitrogens with zero attached hydrogens (tertiary/aromatic N) is 2. The predicted octanol–water partition coefficient (Wildman–Crippen LogP) is 0.954. The lowest BCUT2D eigenvalue weighted by Crippen LogP contribution is -2.22. The van der Waals surface area contributed by atoms with E-state index in [1.54, 1.807) is 0 Å². The lowest BCUT2D eigenvalue weighted by Gasteiger charge is -1.97. The minimum atomic E-state index is -2.62. The zero-order chi connectivity index (χ0) is 10.1. The number of rotatable bonds is 1. The van der Waals surface area contributed by atoms with Crippen LogP contribution in [-0.2, 0) is 6.54 Å². The number of hydrogen-bond donors (Lipinski definition) is 1. The fourth-order valence-corrected chi connectivity index (χ4v) is 1.42. The van der Waals surface area contributed by atoms with E-state index in [4.69, 9.17) is 0 Å². The van der Waals surface area contributed by atoms with Gasteiger partial charge in [-0.05, 0) is 12.5 Å². The zero-order valence-corrected chi connectivity index (χ0v) is 7.33. The Hall–Kier alpha value is -1.46. The van der Waals surface area contributed by atoms with Crippen LogP contribution < -0.4 is 5.32 Å². The molecule has 0 aliphatic carbocycles. The van der Waals surface area contributed by atoms with Gasteiger partial charge in [0, 0.05) is 13.1 Å². The molecule has 0 atom stereocenters. The van der Waals surface area contributed by atoms with E-state index in [2.05, 4.69) is 10.4 Å². The lowest BCUT2D eigenvalue weighted by molar-refractivity contribution is 0.0950. The molecule has 0 radical (unpaired) electrons. The first kappa shape index (κ1) is 9.11. The van der Waals surface area contributed by atoms with E-state index in [0.717, 1.165) is 6.07 Å². The molecule has 0 unspecified atom stereocenters. The molecule has 2 rings (SSSR count). The SMILES string of the molecule is O=C1NCCCn2nc(C(F)F)cc21. The number of carbonyl (C=O) groups is 1. The van der Waals surface area contributed by atoms with Crippen molar-refractivity contribution >= 4 is 5.91 Å². The highest BCUT2D eigenvalue weighted by Gasteiger charge is 2.21. The topological polar surface area (TPSA) is 46.9 Å². The number of aryl methyl sites for hydroxylation is 1. The lowest BCUT2D eigenvalue weighted by atomic mass is 10.3. The highest BCUT2D eigenvalue weighted by Crippen LogP contribution is 2.19. The van der Waals surface area contributed by atoms with Gasteiger partial charge in [-0.2, -0.15) is 5.10 Å². The summed E-state index contributed by atoms with van der Waals surface area (Å²) in [4.78, 5) is 11.3. The monoisotopic (exact) mass is 201 g/mol. The summed E-state index contributed by atoms with van der Waals surface area (Å²) in [5.74, 6) is -0.332. The summed E-state index contributed by atoms with van der Waals surface area (Å²) in [7, 11) is 0. The van der Waals surface area contributed by atoms with E-state index >= 15 is 0 Å². The fraction of sp³-hybridized carbons (Fsp3) is 0.500. The Kier molecular flexibility index (Phi) is 2.18. The third-order valence-corrected chi connectivity index (χ3v) is 2.09. The predicted molar refractivity (Wildman–Crippen MR) is 44.1 cm³/mol. The van der Waals surface area contributed by atoms with Crippen molar-refractivity contribution in [2.45, 2.75) is 19.4 Å². The van der Waals surface area contributed by atoms with Crippen LogP contribution in [0.2, 0.25) is 0 Å². The minimum absolute atomic E-state index is 0.220. The molecule has 2 heterocycles. The van der Waals surface area contributed by atoms with E-state index in [-0.39, 0.29) is 17.3 Å². The Labute approximate surface area is 78.9 Å². The third kappa shape index (κ3) is 1.47. The molecule has 0 saturated heterocycles. The number of amides is 1. The third-order valence-electron chi connectivity index (χ3n) is 2.09. The van der Waals surface area contributed by atoms with Gasteiger partial charge in [0.25, 0.3) is 12.3 Å². The Morgan fingerprint density at radius 3 is 3.07 bits per heavy atom. The highest BCUT2D eigenvalue weighted by atomic mass is 19.3. The first-order valence-electron chi connectivity index (χ1n) is 4.32. The van der Waals surface area contributed by atoms with E-state index in [0.29, 0.717) is 19.5 Å². The maximum atomic E-state index is 12.3. The highest BCUT2D eigenvalue weighted by molar-refractivity contribution is 5.92. The van der Waals surface area contributed by atoms with Gasteiger partial charge in [-0.25, -0.2) is 8.78 Å². The Bertz CT molecular complexity index is 361. The van der Waals surface area contributed by atoms with Crippen LogP contribution in [0.1, 0.15) is 29.0 Å². The zero-order valence-electron chi connectivity index (χ0n) is 7.33. The van der Waals surface area contributed by atoms with Gasteiger partial charge >= 0.3 is 0 Å². The number of halogens is 2. The molecule has 0 bridgehead atoms. The van der Waals surface area contributed by atoms with Gasteiger partial charge in [0.15, 0.2) is 0 Å². The van der Waals surface area contributed by atoms with Gasteiger partial charge < -0.3 is 5.32 Å².